The van der Waals surface area contributed by atoms with Gasteiger partial charge in [-0.1, -0.05) is 18.5 Å². The number of hydrogen-bond donors (Lipinski definition) is 1. The van der Waals surface area contributed by atoms with Gasteiger partial charge in [-0.2, -0.15) is 0 Å². The molecule has 1 aliphatic heterocycles. The van der Waals surface area contributed by atoms with Crippen molar-refractivity contribution in [2.45, 2.75) is 37.6 Å². The zero-order valence-electron chi connectivity index (χ0n) is 17.8. The SMILES string of the molecule is C[C@H]1CCc2c(sc3nc(CN4CCOCC4)nc(NS(=O)(=O)c4ccc(Cl)cc4)c23)C1. The molecular formula is C22H25ClN4O3S2. The number of thiophene rings is 1. The normalized spacial score (nSPS) is 19.8. The van der Waals surface area contributed by atoms with Crippen LogP contribution in [0.4, 0.5) is 5.82 Å². The summed E-state index contributed by atoms with van der Waals surface area (Å²) in [5, 5.41) is 1.34. The van der Waals surface area contributed by atoms with Crippen LogP contribution in [0.1, 0.15) is 29.6 Å². The van der Waals surface area contributed by atoms with Gasteiger partial charge in [0.05, 0.1) is 30.0 Å². The van der Waals surface area contributed by atoms with Gasteiger partial charge in [0.15, 0.2) is 5.82 Å². The minimum atomic E-state index is -3.81. The molecule has 1 aliphatic carbocycles. The second kappa shape index (κ2) is 8.87. The predicted octanol–water partition coefficient (Wildman–Crippen LogP) is 4.10. The van der Waals surface area contributed by atoms with Gasteiger partial charge in [-0.25, -0.2) is 18.4 Å². The minimum Gasteiger partial charge on any atom is -0.379 e. The number of benzene rings is 1. The summed E-state index contributed by atoms with van der Waals surface area (Å²) >= 11 is 7.61. The highest BCUT2D eigenvalue weighted by atomic mass is 35.5. The average Bonchev–Trinajstić information content (AvgIpc) is 3.12. The Labute approximate surface area is 196 Å². The number of ether oxygens (including phenoxy) is 1. The number of sulfonamides is 1. The number of nitrogens with one attached hydrogen (secondary N) is 1. The zero-order chi connectivity index (χ0) is 22.3. The van der Waals surface area contributed by atoms with E-state index in [9.17, 15) is 8.42 Å². The van der Waals surface area contributed by atoms with Crippen LogP contribution in [-0.4, -0.2) is 49.6 Å². The number of morpholine rings is 1. The van der Waals surface area contributed by atoms with E-state index >= 15 is 0 Å². The first-order valence-electron chi connectivity index (χ1n) is 10.8. The second-order valence-corrected chi connectivity index (χ2v) is 11.7. The lowest BCUT2D eigenvalue weighted by atomic mass is 9.89. The van der Waals surface area contributed by atoms with Crippen LogP contribution in [-0.2, 0) is 34.1 Å². The molecule has 0 amide bonds. The lowest BCUT2D eigenvalue weighted by Crippen LogP contribution is -2.36. The first-order chi connectivity index (χ1) is 15.4. The van der Waals surface area contributed by atoms with Gasteiger partial charge in [-0.3, -0.25) is 9.62 Å². The Morgan fingerprint density at radius 1 is 1.22 bits per heavy atom. The van der Waals surface area contributed by atoms with Crippen molar-refractivity contribution in [1.82, 2.24) is 14.9 Å². The van der Waals surface area contributed by atoms with Crippen molar-refractivity contribution in [2.24, 2.45) is 5.92 Å². The fourth-order valence-electron chi connectivity index (χ4n) is 4.29. The Bertz CT molecular complexity index is 1240. The van der Waals surface area contributed by atoms with Crippen LogP contribution < -0.4 is 4.72 Å². The van der Waals surface area contributed by atoms with Crippen LogP contribution in [0.3, 0.4) is 0 Å². The topological polar surface area (TPSA) is 84.4 Å². The monoisotopic (exact) mass is 492 g/mol. The number of hydrogen-bond acceptors (Lipinski definition) is 7. The summed E-state index contributed by atoms with van der Waals surface area (Å²) in [6.07, 6.45) is 2.99. The summed E-state index contributed by atoms with van der Waals surface area (Å²) in [5.74, 6) is 1.62. The highest BCUT2D eigenvalue weighted by Gasteiger charge is 2.26. The third-order valence-corrected chi connectivity index (χ3v) is 8.78. The largest absolute Gasteiger partial charge is 0.379 e. The van der Waals surface area contributed by atoms with Gasteiger partial charge in [0, 0.05) is 23.0 Å². The maximum absolute atomic E-state index is 13.2. The van der Waals surface area contributed by atoms with Gasteiger partial charge in [-0.05, 0) is 55.0 Å². The molecule has 5 rings (SSSR count). The van der Waals surface area contributed by atoms with E-state index in [0.717, 1.165) is 42.6 Å². The van der Waals surface area contributed by atoms with E-state index in [2.05, 4.69) is 16.5 Å². The van der Waals surface area contributed by atoms with Gasteiger partial charge in [-0.15, -0.1) is 11.3 Å². The van der Waals surface area contributed by atoms with Crippen LogP contribution in [0.15, 0.2) is 29.2 Å². The molecule has 1 aromatic carbocycles. The molecule has 3 heterocycles. The van der Waals surface area contributed by atoms with Crippen LogP contribution in [0.25, 0.3) is 10.2 Å². The molecule has 0 radical (unpaired) electrons. The summed E-state index contributed by atoms with van der Waals surface area (Å²) in [6, 6.07) is 6.15. The molecule has 2 aromatic heterocycles. The van der Waals surface area contributed by atoms with Gasteiger partial charge in [0.25, 0.3) is 10.0 Å². The Balaban J connectivity index is 1.57. The third kappa shape index (κ3) is 4.49. The molecule has 0 spiro atoms. The maximum Gasteiger partial charge on any atom is 0.263 e. The van der Waals surface area contributed by atoms with Crippen molar-refractivity contribution >= 4 is 49.0 Å². The van der Waals surface area contributed by atoms with Crippen molar-refractivity contribution in [3.63, 3.8) is 0 Å². The molecule has 0 saturated carbocycles. The molecule has 10 heteroatoms. The number of aromatic nitrogens is 2. The number of fused-ring (bicyclic) bond motifs is 3. The van der Waals surface area contributed by atoms with E-state index < -0.39 is 10.0 Å². The minimum absolute atomic E-state index is 0.154. The predicted molar refractivity (Wildman–Crippen MR) is 127 cm³/mol. The van der Waals surface area contributed by atoms with Crippen LogP contribution >= 0.6 is 22.9 Å². The van der Waals surface area contributed by atoms with Crippen LogP contribution in [0.2, 0.25) is 5.02 Å². The number of anilines is 1. The average molecular weight is 493 g/mol. The maximum atomic E-state index is 13.2. The quantitative estimate of drug-likeness (QED) is 0.577. The Hall–Kier alpha value is -1.78. The van der Waals surface area contributed by atoms with Crippen molar-refractivity contribution in [3.8, 4) is 0 Å². The van der Waals surface area contributed by atoms with E-state index in [-0.39, 0.29) is 4.90 Å². The van der Waals surface area contributed by atoms with Crippen molar-refractivity contribution in [3.05, 3.63) is 45.6 Å². The van der Waals surface area contributed by atoms with Gasteiger partial charge in [0.1, 0.15) is 10.7 Å². The third-order valence-electron chi connectivity index (χ3n) is 6.03. The molecular weight excluding hydrogens is 468 g/mol. The first kappa shape index (κ1) is 22.0. The molecule has 0 unspecified atom stereocenters. The Morgan fingerprint density at radius 2 is 1.97 bits per heavy atom. The van der Waals surface area contributed by atoms with Gasteiger partial charge < -0.3 is 4.74 Å². The summed E-state index contributed by atoms with van der Waals surface area (Å²) in [4.78, 5) is 14.1. The number of rotatable bonds is 5. The lowest BCUT2D eigenvalue weighted by Gasteiger charge is -2.25. The molecule has 1 N–H and O–H groups in total. The number of aryl methyl sites for hydroxylation is 1. The lowest BCUT2D eigenvalue weighted by molar-refractivity contribution is 0.0331. The Morgan fingerprint density at radius 3 is 2.72 bits per heavy atom. The molecule has 170 valence electrons. The molecule has 3 aromatic rings. The van der Waals surface area contributed by atoms with Gasteiger partial charge >= 0.3 is 0 Å². The molecule has 1 atom stereocenters. The molecule has 0 bridgehead atoms. The summed E-state index contributed by atoms with van der Waals surface area (Å²) in [5.41, 5.74) is 1.19. The molecule has 1 fully saturated rings. The molecule has 32 heavy (non-hydrogen) atoms. The van der Waals surface area contributed by atoms with Crippen molar-refractivity contribution < 1.29 is 13.2 Å². The summed E-state index contributed by atoms with van der Waals surface area (Å²) < 4.78 is 34.5. The summed E-state index contributed by atoms with van der Waals surface area (Å²) in [6.45, 7) is 5.81. The van der Waals surface area contributed by atoms with Crippen molar-refractivity contribution in [1.29, 1.82) is 0 Å². The standard InChI is InChI=1S/C22H25ClN4O3S2/c1-14-2-7-17-18(12-14)31-22-20(17)21(24-19(25-22)13-27-8-10-30-11-9-27)26-32(28,29)16-5-3-15(23)4-6-16/h3-6,14H,2,7-13H2,1H3,(H,24,25,26)/t14-/m0/s1. The number of nitrogens with zero attached hydrogens (tertiary/aromatic N) is 3. The fourth-order valence-corrected chi connectivity index (χ4v) is 6.83. The highest BCUT2D eigenvalue weighted by Crippen LogP contribution is 2.40. The number of halogens is 1. The van der Waals surface area contributed by atoms with E-state index in [4.69, 9.17) is 26.3 Å². The van der Waals surface area contributed by atoms with E-state index in [1.165, 1.54) is 22.6 Å². The molecule has 7 nitrogen and oxygen atoms in total. The Kier molecular flexibility index (Phi) is 6.11. The first-order valence-corrected chi connectivity index (χ1v) is 13.5. The zero-order valence-corrected chi connectivity index (χ0v) is 20.2. The summed E-state index contributed by atoms with van der Waals surface area (Å²) in [7, 11) is -3.81. The van der Waals surface area contributed by atoms with Crippen LogP contribution in [0, 0.1) is 5.92 Å². The highest BCUT2D eigenvalue weighted by molar-refractivity contribution is 7.92. The van der Waals surface area contributed by atoms with Crippen molar-refractivity contribution in [2.75, 3.05) is 31.0 Å². The molecule has 1 saturated heterocycles. The smallest absolute Gasteiger partial charge is 0.263 e. The second-order valence-electron chi connectivity index (χ2n) is 8.47. The van der Waals surface area contributed by atoms with E-state index in [0.29, 0.717) is 42.3 Å². The van der Waals surface area contributed by atoms with Crippen LogP contribution in [0.5, 0.6) is 0 Å². The van der Waals surface area contributed by atoms with Gasteiger partial charge in [0.2, 0.25) is 0 Å². The van der Waals surface area contributed by atoms with E-state index in [1.807, 2.05) is 0 Å². The molecule has 2 aliphatic rings. The fraction of sp³-hybridized carbons (Fsp3) is 0.455. The van der Waals surface area contributed by atoms with E-state index in [1.54, 1.807) is 23.5 Å².